The molecule has 2 fully saturated rings. The fourth-order valence-electron chi connectivity index (χ4n) is 4.06. The normalized spacial score (nSPS) is 39.8. The van der Waals surface area contributed by atoms with Crippen LogP contribution in [0.1, 0.15) is 26.2 Å². The molecule has 0 aromatic rings. The van der Waals surface area contributed by atoms with Crippen LogP contribution in [0, 0.1) is 11.3 Å². The Bertz CT molecular complexity index is 534. The van der Waals surface area contributed by atoms with Gasteiger partial charge in [-0.3, -0.25) is 0 Å². The first kappa shape index (κ1) is 14.9. The molecule has 3 atom stereocenters. The Kier molecular flexibility index (Phi) is 3.33. The van der Waals surface area contributed by atoms with Gasteiger partial charge in [-0.25, -0.2) is 0 Å². The highest BCUT2D eigenvalue weighted by molar-refractivity contribution is 5.40. The molecule has 0 radical (unpaired) electrons. The number of aliphatic hydroxyl groups is 1. The molecule has 0 aromatic carbocycles. The number of hydrogen-bond donors (Lipinski definition) is 2. The highest BCUT2D eigenvalue weighted by Crippen LogP contribution is 2.55. The SMILES string of the molecule is CC12CNCC1CC[C@@]2(O)C1=CCC(C(F)(F)F)=CC=C1. The number of halogens is 3. The molecule has 0 amide bonds. The molecule has 5 heteroatoms. The summed E-state index contributed by atoms with van der Waals surface area (Å²) in [5.74, 6) is 0.384. The zero-order chi connectivity index (χ0) is 15.3. The third kappa shape index (κ3) is 2.18. The van der Waals surface area contributed by atoms with Gasteiger partial charge in [0.2, 0.25) is 0 Å². The maximum atomic E-state index is 12.8. The lowest BCUT2D eigenvalue weighted by atomic mass is 9.69. The Hall–Kier alpha value is -1.07. The van der Waals surface area contributed by atoms with Crippen LogP contribution in [0.5, 0.6) is 0 Å². The summed E-state index contributed by atoms with van der Waals surface area (Å²) in [6.07, 6.45) is 2.75. The quantitative estimate of drug-likeness (QED) is 0.780. The molecule has 2 aliphatic carbocycles. The smallest absolute Gasteiger partial charge is 0.385 e. The first-order valence-corrected chi connectivity index (χ1v) is 7.35. The third-order valence-corrected chi connectivity index (χ3v) is 5.54. The van der Waals surface area contributed by atoms with E-state index < -0.39 is 17.4 Å². The molecule has 2 unspecified atom stereocenters. The van der Waals surface area contributed by atoms with Crippen molar-refractivity contribution in [2.75, 3.05) is 13.1 Å². The maximum Gasteiger partial charge on any atom is 0.412 e. The summed E-state index contributed by atoms with van der Waals surface area (Å²) in [5.41, 5.74) is -1.27. The summed E-state index contributed by atoms with van der Waals surface area (Å²) in [7, 11) is 0. The summed E-state index contributed by atoms with van der Waals surface area (Å²) in [6, 6.07) is 0. The van der Waals surface area contributed by atoms with Crippen molar-refractivity contribution in [1.82, 2.24) is 5.32 Å². The van der Waals surface area contributed by atoms with Gasteiger partial charge in [-0.2, -0.15) is 13.2 Å². The second kappa shape index (κ2) is 4.71. The predicted octanol–water partition coefficient (Wildman–Crippen LogP) is 3.11. The third-order valence-electron chi connectivity index (χ3n) is 5.54. The molecule has 21 heavy (non-hydrogen) atoms. The van der Waals surface area contributed by atoms with Gasteiger partial charge in [0.1, 0.15) is 0 Å². The van der Waals surface area contributed by atoms with Crippen LogP contribution in [0.15, 0.2) is 35.5 Å². The molecule has 1 saturated heterocycles. The lowest BCUT2D eigenvalue weighted by Crippen LogP contribution is -2.47. The lowest BCUT2D eigenvalue weighted by molar-refractivity contribution is -0.0929. The van der Waals surface area contributed by atoms with Crippen LogP contribution in [-0.4, -0.2) is 30.0 Å². The molecule has 1 aliphatic heterocycles. The number of nitrogens with one attached hydrogen (secondary N) is 1. The van der Waals surface area contributed by atoms with Crippen molar-refractivity contribution < 1.29 is 18.3 Å². The standard InChI is InChI=1S/C16H20F3NO/c1-14-10-20-9-13(14)7-8-15(14,21)11-3-2-4-12(6-5-11)16(17,18)19/h2-5,13,20-21H,6-10H2,1H3/t13?,14?,15-/m1/s1. The van der Waals surface area contributed by atoms with Crippen molar-refractivity contribution in [1.29, 1.82) is 0 Å². The Labute approximate surface area is 122 Å². The number of fused-ring (bicyclic) bond motifs is 1. The second-order valence-electron chi connectivity index (χ2n) is 6.56. The highest BCUT2D eigenvalue weighted by atomic mass is 19.4. The average Bonchev–Trinajstić information content (AvgIpc) is 2.76. The van der Waals surface area contributed by atoms with E-state index in [1.807, 2.05) is 6.92 Å². The molecule has 2 N–H and O–H groups in total. The first-order chi connectivity index (χ1) is 9.77. The molecule has 0 aromatic heterocycles. The van der Waals surface area contributed by atoms with Crippen LogP contribution in [0.3, 0.4) is 0 Å². The Balaban J connectivity index is 1.90. The fraction of sp³-hybridized carbons (Fsp3) is 0.625. The Morgan fingerprint density at radius 2 is 2.14 bits per heavy atom. The van der Waals surface area contributed by atoms with Crippen LogP contribution >= 0.6 is 0 Å². The van der Waals surface area contributed by atoms with E-state index >= 15 is 0 Å². The summed E-state index contributed by atoms with van der Waals surface area (Å²) in [4.78, 5) is 0. The van der Waals surface area contributed by atoms with Crippen LogP contribution < -0.4 is 5.32 Å². The van der Waals surface area contributed by atoms with E-state index in [0.29, 0.717) is 24.5 Å². The van der Waals surface area contributed by atoms with Gasteiger partial charge in [0.15, 0.2) is 0 Å². The molecular formula is C16H20F3NO. The highest BCUT2D eigenvalue weighted by Gasteiger charge is 2.59. The number of allylic oxidation sites excluding steroid dienone is 4. The van der Waals surface area contributed by atoms with E-state index in [4.69, 9.17) is 0 Å². The van der Waals surface area contributed by atoms with Gasteiger partial charge in [-0.05, 0) is 37.3 Å². The molecule has 1 saturated carbocycles. The molecule has 1 heterocycles. The van der Waals surface area contributed by atoms with E-state index in [2.05, 4.69) is 5.32 Å². The maximum absolute atomic E-state index is 12.8. The van der Waals surface area contributed by atoms with E-state index in [9.17, 15) is 18.3 Å². The van der Waals surface area contributed by atoms with E-state index in [-0.39, 0.29) is 11.8 Å². The zero-order valence-electron chi connectivity index (χ0n) is 12.0. The van der Waals surface area contributed by atoms with E-state index in [0.717, 1.165) is 19.0 Å². The van der Waals surface area contributed by atoms with Gasteiger partial charge < -0.3 is 10.4 Å². The molecule has 3 rings (SSSR count). The minimum Gasteiger partial charge on any atom is -0.385 e. The van der Waals surface area contributed by atoms with Crippen LogP contribution in [0.4, 0.5) is 13.2 Å². The summed E-state index contributed by atoms with van der Waals surface area (Å²) < 4.78 is 38.4. The molecule has 0 bridgehead atoms. The molecule has 0 spiro atoms. The van der Waals surface area contributed by atoms with Crippen LogP contribution in [0.2, 0.25) is 0 Å². The van der Waals surface area contributed by atoms with Gasteiger partial charge in [-0.1, -0.05) is 31.2 Å². The van der Waals surface area contributed by atoms with Crippen molar-refractivity contribution in [2.24, 2.45) is 11.3 Å². The van der Waals surface area contributed by atoms with Crippen molar-refractivity contribution in [3.63, 3.8) is 0 Å². The lowest BCUT2D eigenvalue weighted by Gasteiger charge is -2.40. The van der Waals surface area contributed by atoms with E-state index in [1.54, 1.807) is 12.2 Å². The molecule has 2 nitrogen and oxygen atoms in total. The van der Waals surface area contributed by atoms with Gasteiger partial charge >= 0.3 is 6.18 Å². The van der Waals surface area contributed by atoms with Crippen molar-refractivity contribution in [3.8, 4) is 0 Å². The largest absolute Gasteiger partial charge is 0.412 e. The fourth-order valence-corrected chi connectivity index (χ4v) is 4.06. The molecule has 3 aliphatic rings. The molecule has 116 valence electrons. The van der Waals surface area contributed by atoms with Gasteiger partial charge in [0.25, 0.3) is 0 Å². The number of rotatable bonds is 1. The minimum absolute atomic E-state index is 0.178. The molecular weight excluding hydrogens is 279 g/mol. The average molecular weight is 299 g/mol. The number of alkyl halides is 3. The number of hydrogen-bond acceptors (Lipinski definition) is 2. The first-order valence-electron chi connectivity index (χ1n) is 7.35. The minimum atomic E-state index is -4.31. The van der Waals surface area contributed by atoms with Crippen LogP contribution in [0.25, 0.3) is 0 Å². The van der Waals surface area contributed by atoms with Crippen molar-refractivity contribution in [2.45, 2.75) is 38.0 Å². The Morgan fingerprint density at radius 1 is 1.38 bits per heavy atom. The second-order valence-corrected chi connectivity index (χ2v) is 6.56. The summed E-state index contributed by atoms with van der Waals surface area (Å²) in [6.45, 7) is 3.63. The van der Waals surface area contributed by atoms with Crippen molar-refractivity contribution in [3.05, 3.63) is 35.5 Å². The van der Waals surface area contributed by atoms with Crippen molar-refractivity contribution >= 4 is 0 Å². The summed E-state index contributed by atoms with van der Waals surface area (Å²) in [5, 5.41) is 14.5. The predicted molar refractivity (Wildman–Crippen MR) is 74.6 cm³/mol. The zero-order valence-corrected chi connectivity index (χ0v) is 12.0. The topological polar surface area (TPSA) is 32.3 Å². The van der Waals surface area contributed by atoms with E-state index in [1.165, 1.54) is 6.08 Å². The Morgan fingerprint density at radius 3 is 2.86 bits per heavy atom. The monoisotopic (exact) mass is 299 g/mol. The van der Waals surface area contributed by atoms with Crippen LogP contribution in [-0.2, 0) is 0 Å². The summed E-state index contributed by atoms with van der Waals surface area (Å²) >= 11 is 0. The van der Waals surface area contributed by atoms with Gasteiger partial charge in [-0.15, -0.1) is 0 Å². The van der Waals surface area contributed by atoms with Gasteiger partial charge in [0, 0.05) is 17.5 Å². The van der Waals surface area contributed by atoms with Gasteiger partial charge in [0.05, 0.1) is 5.60 Å².